The van der Waals surface area contributed by atoms with Gasteiger partial charge in [-0.25, -0.2) is 13.6 Å². The van der Waals surface area contributed by atoms with Crippen molar-refractivity contribution in [3.63, 3.8) is 0 Å². The molecule has 224 valence electrons. The van der Waals surface area contributed by atoms with Gasteiger partial charge in [0.2, 0.25) is 5.91 Å². The molecular weight excluding hydrogens is 534 g/mol. The average molecular weight is 577 g/mol. The van der Waals surface area contributed by atoms with Gasteiger partial charge in [-0.05, 0) is 86.2 Å². The van der Waals surface area contributed by atoms with Gasteiger partial charge in [-0.15, -0.1) is 0 Å². The smallest absolute Gasteiger partial charge is 0.320 e. The van der Waals surface area contributed by atoms with E-state index >= 15 is 0 Å². The maximum Gasteiger partial charge on any atom is 0.320 e. The van der Waals surface area contributed by atoms with Crippen LogP contribution in [0.15, 0.2) is 54.6 Å². The summed E-state index contributed by atoms with van der Waals surface area (Å²) in [6, 6.07) is 13.2. The van der Waals surface area contributed by atoms with Crippen molar-refractivity contribution in [2.24, 2.45) is 11.3 Å². The lowest BCUT2D eigenvalue weighted by molar-refractivity contribution is -0.128. The molecule has 8 heteroatoms. The van der Waals surface area contributed by atoms with Crippen molar-refractivity contribution in [3.05, 3.63) is 77.4 Å². The zero-order valence-electron chi connectivity index (χ0n) is 24.5. The highest BCUT2D eigenvalue weighted by Crippen LogP contribution is 2.49. The van der Waals surface area contributed by atoms with E-state index in [0.29, 0.717) is 32.0 Å². The number of amides is 3. The Morgan fingerprint density at radius 1 is 1.02 bits per heavy atom. The molecule has 1 spiro atoms. The molecule has 3 amide bonds. The second kappa shape index (κ2) is 12.2. The Morgan fingerprint density at radius 2 is 1.81 bits per heavy atom. The number of carbonyl (C=O) groups is 2. The molecule has 0 radical (unpaired) electrons. The lowest BCUT2D eigenvalue weighted by atomic mass is 9.69. The van der Waals surface area contributed by atoms with Crippen LogP contribution in [0.2, 0.25) is 0 Å². The number of hydrogen-bond acceptors (Lipinski definition) is 3. The number of piperidine rings is 2. The first-order chi connectivity index (χ1) is 20.4. The third-order valence-corrected chi connectivity index (χ3v) is 10.4. The molecule has 3 atom stereocenters. The summed E-state index contributed by atoms with van der Waals surface area (Å²) in [5, 5.41) is 3.27. The van der Waals surface area contributed by atoms with Gasteiger partial charge in [-0.2, -0.15) is 0 Å². The summed E-state index contributed by atoms with van der Waals surface area (Å²) >= 11 is 0. The van der Waals surface area contributed by atoms with Crippen molar-refractivity contribution >= 4 is 17.5 Å². The molecule has 2 aromatic rings. The van der Waals surface area contributed by atoms with Crippen LogP contribution in [0.5, 0.6) is 0 Å². The number of likely N-dealkylation sites (tertiary alicyclic amines) is 2. The van der Waals surface area contributed by atoms with E-state index in [2.05, 4.69) is 17.4 Å². The van der Waals surface area contributed by atoms with Crippen LogP contribution in [-0.4, -0.2) is 72.5 Å². The molecule has 0 aromatic heterocycles. The molecule has 6 nitrogen and oxygen atoms in total. The second-order valence-electron chi connectivity index (χ2n) is 12.7. The lowest BCUT2D eigenvalue weighted by Gasteiger charge is -2.50. The van der Waals surface area contributed by atoms with E-state index in [-0.39, 0.29) is 29.0 Å². The molecule has 0 unspecified atom stereocenters. The first-order valence-corrected chi connectivity index (χ1v) is 15.6. The molecule has 0 bridgehead atoms. The predicted octanol–water partition coefficient (Wildman–Crippen LogP) is 6.01. The maximum atomic E-state index is 15.0. The van der Waals surface area contributed by atoms with E-state index in [1.807, 2.05) is 35.0 Å². The number of carbonyl (C=O) groups excluding carboxylic acids is 2. The van der Waals surface area contributed by atoms with Crippen LogP contribution in [0.1, 0.15) is 68.5 Å². The summed E-state index contributed by atoms with van der Waals surface area (Å²) in [5.41, 5.74) is 2.44. The molecule has 42 heavy (non-hydrogen) atoms. The summed E-state index contributed by atoms with van der Waals surface area (Å²) in [5.74, 6) is -0.544. The Hall–Kier alpha value is -3.26. The molecule has 3 fully saturated rings. The lowest BCUT2D eigenvalue weighted by Crippen LogP contribution is -2.57. The molecule has 3 heterocycles. The highest BCUT2D eigenvalue weighted by Gasteiger charge is 2.48. The van der Waals surface area contributed by atoms with E-state index in [4.69, 9.17) is 0 Å². The van der Waals surface area contributed by atoms with Gasteiger partial charge in [-0.1, -0.05) is 43.2 Å². The normalized spacial score (nSPS) is 26.1. The number of benzene rings is 2. The number of nitrogens with zero attached hydrogens (tertiary/aromatic N) is 3. The van der Waals surface area contributed by atoms with Gasteiger partial charge >= 0.3 is 6.03 Å². The van der Waals surface area contributed by atoms with Crippen LogP contribution in [0.4, 0.5) is 13.6 Å². The van der Waals surface area contributed by atoms with Crippen molar-refractivity contribution in [2.45, 2.75) is 63.5 Å². The first-order valence-electron chi connectivity index (χ1n) is 15.6. The van der Waals surface area contributed by atoms with Crippen molar-refractivity contribution in [1.82, 2.24) is 20.0 Å². The average Bonchev–Trinajstić information content (AvgIpc) is 3.48. The summed E-state index contributed by atoms with van der Waals surface area (Å²) < 4.78 is 29.2. The van der Waals surface area contributed by atoms with Crippen molar-refractivity contribution in [2.75, 3.05) is 39.8 Å². The van der Waals surface area contributed by atoms with Gasteiger partial charge in [0.25, 0.3) is 0 Å². The second-order valence-corrected chi connectivity index (χ2v) is 12.7. The van der Waals surface area contributed by atoms with E-state index in [9.17, 15) is 18.4 Å². The van der Waals surface area contributed by atoms with Gasteiger partial charge in [0, 0.05) is 50.4 Å². The monoisotopic (exact) mass is 576 g/mol. The van der Waals surface area contributed by atoms with Crippen molar-refractivity contribution in [1.29, 1.82) is 0 Å². The van der Waals surface area contributed by atoms with Crippen LogP contribution < -0.4 is 5.32 Å². The zero-order valence-corrected chi connectivity index (χ0v) is 24.5. The number of rotatable bonds is 5. The van der Waals surface area contributed by atoms with Gasteiger partial charge in [-0.3, -0.25) is 4.79 Å². The zero-order chi connectivity index (χ0) is 29.3. The fourth-order valence-electron chi connectivity index (χ4n) is 8.01. The molecule has 2 saturated heterocycles. The molecule has 1 N–H and O–H groups in total. The highest BCUT2D eigenvalue weighted by molar-refractivity contribution is 5.97. The van der Waals surface area contributed by atoms with Crippen LogP contribution in [0, 0.1) is 23.0 Å². The van der Waals surface area contributed by atoms with Crippen molar-refractivity contribution in [3.8, 4) is 0 Å². The van der Waals surface area contributed by atoms with Crippen LogP contribution in [0.3, 0.4) is 0 Å². The van der Waals surface area contributed by atoms with Crippen LogP contribution in [-0.2, 0) is 4.79 Å². The van der Waals surface area contributed by atoms with Gasteiger partial charge in [0.05, 0.1) is 6.04 Å². The van der Waals surface area contributed by atoms with E-state index in [1.54, 1.807) is 11.0 Å². The highest BCUT2D eigenvalue weighted by atomic mass is 19.1. The Labute approximate surface area is 247 Å². The van der Waals surface area contributed by atoms with Crippen LogP contribution >= 0.6 is 0 Å². The molecule has 2 aromatic carbocycles. The predicted molar refractivity (Wildman–Crippen MR) is 159 cm³/mol. The standard InChI is InChI=1S/C34H42F2N4O2/c1-37-28-13-18-40(31(21-28)29-20-27(35)9-10-30(29)36)33(42)39-17-12-26(34(23-39)14-5-6-15-34)22-38-16-11-25(19-32(38)41)24-7-3-2-4-8-24/h2-4,7-10,19-20,26,28,31,37H,5-6,11-18,21-23H2,1H3/t26-,28+,31-/m0/s1. The van der Waals surface area contributed by atoms with Gasteiger partial charge in [0.1, 0.15) is 11.6 Å². The SMILES string of the molecule is CN[C@@H]1CCN(C(=O)N2CC[C@@H](CN3CCC(c4ccccc4)=CC3=O)C3(CCCC3)C2)[C@H](c2cc(F)ccc2F)C1. The minimum Gasteiger partial charge on any atom is -0.339 e. The van der Waals surface area contributed by atoms with E-state index < -0.39 is 17.7 Å². The van der Waals surface area contributed by atoms with Gasteiger partial charge in [0.15, 0.2) is 0 Å². The molecule has 1 aliphatic carbocycles. The number of urea groups is 1. The summed E-state index contributed by atoms with van der Waals surface area (Å²) in [6.45, 7) is 3.22. The Kier molecular flexibility index (Phi) is 8.35. The fraction of sp³-hybridized carbons (Fsp3) is 0.529. The Balaban J connectivity index is 1.17. The number of nitrogens with one attached hydrogen (secondary N) is 1. The summed E-state index contributed by atoms with van der Waals surface area (Å²) in [6.07, 6.45) is 9.19. The van der Waals surface area contributed by atoms with E-state index in [0.717, 1.165) is 81.3 Å². The molecule has 1 saturated carbocycles. The third kappa shape index (κ3) is 5.70. The van der Waals surface area contributed by atoms with E-state index in [1.165, 1.54) is 6.07 Å². The summed E-state index contributed by atoms with van der Waals surface area (Å²) in [7, 11) is 1.88. The first kappa shape index (κ1) is 28.8. The molecular formula is C34H42F2N4O2. The Bertz CT molecular complexity index is 1330. The van der Waals surface area contributed by atoms with Crippen molar-refractivity contribution < 1.29 is 18.4 Å². The Morgan fingerprint density at radius 3 is 2.55 bits per heavy atom. The van der Waals surface area contributed by atoms with Crippen LogP contribution in [0.25, 0.3) is 5.57 Å². The quantitative estimate of drug-likeness (QED) is 0.475. The molecule has 6 rings (SSSR count). The number of hydrogen-bond donors (Lipinski definition) is 1. The third-order valence-electron chi connectivity index (χ3n) is 10.4. The molecule has 3 aliphatic heterocycles. The summed E-state index contributed by atoms with van der Waals surface area (Å²) in [4.78, 5) is 33.1. The maximum absolute atomic E-state index is 15.0. The topological polar surface area (TPSA) is 55.9 Å². The molecule has 4 aliphatic rings. The largest absolute Gasteiger partial charge is 0.339 e. The fourth-order valence-corrected chi connectivity index (χ4v) is 8.01. The minimum absolute atomic E-state index is 0.0134. The van der Waals surface area contributed by atoms with Gasteiger partial charge < -0.3 is 20.0 Å². The number of halogens is 2. The minimum atomic E-state index is -0.520.